The third kappa shape index (κ3) is 6.82. The van der Waals surface area contributed by atoms with Crippen molar-refractivity contribution in [2.75, 3.05) is 25.9 Å². The van der Waals surface area contributed by atoms with Crippen LogP contribution in [0.2, 0.25) is 5.02 Å². The normalized spacial score (nSPS) is 13.2. The number of nitrogens with one attached hydrogen (secondary N) is 2. The van der Waals surface area contributed by atoms with E-state index in [1.807, 2.05) is 31.2 Å². The van der Waals surface area contributed by atoms with Crippen LogP contribution < -0.4 is 10.6 Å². The van der Waals surface area contributed by atoms with Gasteiger partial charge in [-0.15, -0.1) is 0 Å². The smallest absolute Gasteiger partial charge is 0.191 e. The molecule has 0 amide bonds. The number of aliphatic hydroxyl groups is 1. The van der Waals surface area contributed by atoms with Gasteiger partial charge in [-0.1, -0.05) is 41.9 Å². The van der Waals surface area contributed by atoms with Crippen molar-refractivity contribution in [2.24, 2.45) is 4.99 Å². The second kappa shape index (κ2) is 10.5. The summed E-state index contributed by atoms with van der Waals surface area (Å²) in [5, 5.41) is 17.2. The molecule has 2 rings (SSSR count). The Balaban J connectivity index is 1.91. The summed E-state index contributed by atoms with van der Waals surface area (Å²) in [4.78, 5) is 4.73. The predicted molar refractivity (Wildman–Crippen MR) is 114 cm³/mol. The standard InChI is InChI=1S/C20H26ClN3O3S/c1-3-22-20(24-14-19(25)17-6-4-5-7-18(17)21)23-13-12-15-8-10-16(11-9-15)28(2,26)27/h4-11,19,25H,3,12-14H2,1-2H3,(H2,22,23,24). The second-order valence-electron chi connectivity index (χ2n) is 6.35. The van der Waals surface area contributed by atoms with Gasteiger partial charge in [0.2, 0.25) is 0 Å². The van der Waals surface area contributed by atoms with E-state index in [2.05, 4.69) is 15.6 Å². The Hall–Kier alpha value is -2.09. The molecule has 0 bridgehead atoms. The molecule has 1 atom stereocenters. The van der Waals surface area contributed by atoms with E-state index in [4.69, 9.17) is 11.6 Å². The van der Waals surface area contributed by atoms with E-state index in [1.54, 1.807) is 24.3 Å². The summed E-state index contributed by atoms with van der Waals surface area (Å²) in [5.41, 5.74) is 1.67. The van der Waals surface area contributed by atoms with Gasteiger partial charge in [-0.25, -0.2) is 8.42 Å². The first-order valence-corrected chi connectivity index (χ1v) is 11.3. The molecule has 152 valence electrons. The van der Waals surface area contributed by atoms with Gasteiger partial charge in [-0.2, -0.15) is 0 Å². The Labute approximate surface area is 171 Å². The van der Waals surface area contributed by atoms with Gasteiger partial charge in [0.05, 0.1) is 11.4 Å². The summed E-state index contributed by atoms with van der Waals surface area (Å²) in [7, 11) is -3.18. The molecule has 0 aliphatic heterocycles. The van der Waals surface area contributed by atoms with Crippen molar-refractivity contribution in [2.45, 2.75) is 24.3 Å². The van der Waals surface area contributed by atoms with Crippen molar-refractivity contribution >= 4 is 27.4 Å². The maximum absolute atomic E-state index is 11.5. The van der Waals surface area contributed by atoms with Gasteiger partial charge in [-0.05, 0) is 37.1 Å². The monoisotopic (exact) mass is 423 g/mol. The summed E-state index contributed by atoms with van der Waals surface area (Å²) in [6, 6.07) is 14.0. The molecule has 2 aromatic carbocycles. The van der Waals surface area contributed by atoms with Crippen molar-refractivity contribution in [1.82, 2.24) is 10.6 Å². The van der Waals surface area contributed by atoms with Crippen molar-refractivity contribution in [3.8, 4) is 0 Å². The summed E-state index contributed by atoms with van der Waals surface area (Å²) in [6.07, 6.45) is 1.12. The molecule has 0 aliphatic carbocycles. The summed E-state index contributed by atoms with van der Waals surface area (Å²) >= 11 is 6.11. The highest BCUT2D eigenvalue weighted by Crippen LogP contribution is 2.22. The molecule has 0 saturated heterocycles. The molecule has 28 heavy (non-hydrogen) atoms. The Morgan fingerprint density at radius 3 is 2.43 bits per heavy atom. The van der Waals surface area contributed by atoms with Crippen molar-refractivity contribution in [1.29, 1.82) is 0 Å². The fourth-order valence-corrected chi connectivity index (χ4v) is 3.48. The van der Waals surface area contributed by atoms with E-state index in [-0.39, 0.29) is 6.54 Å². The topological polar surface area (TPSA) is 90.8 Å². The molecule has 3 N–H and O–H groups in total. The molecule has 8 heteroatoms. The number of aliphatic hydroxyl groups excluding tert-OH is 1. The number of nitrogens with zero attached hydrogens (tertiary/aromatic N) is 1. The molecule has 0 saturated carbocycles. The maximum Gasteiger partial charge on any atom is 0.191 e. The van der Waals surface area contributed by atoms with Crippen LogP contribution in [-0.4, -0.2) is 45.4 Å². The lowest BCUT2D eigenvalue weighted by atomic mass is 10.1. The first-order chi connectivity index (χ1) is 13.3. The molecule has 0 radical (unpaired) electrons. The van der Waals surface area contributed by atoms with E-state index < -0.39 is 15.9 Å². The SMILES string of the molecule is CCNC(=NCC(O)c1ccccc1Cl)NCCc1ccc(S(C)(=O)=O)cc1. The van der Waals surface area contributed by atoms with Crippen LogP contribution in [-0.2, 0) is 16.3 Å². The Bertz CT molecular complexity index is 899. The van der Waals surface area contributed by atoms with Gasteiger partial charge >= 0.3 is 0 Å². The Morgan fingerprint density at radius 2 is 1.82 bits per heavy atom. The zero-order valence-electron chi connectivity index (χ0n) is 16.0. The molecule has 2 aromatic rings. The number of sulfone groups is 1. The van der Waals surface area contributed by atoms with Crippen LogP contribution in [0.15, 0.2) is 58.4 Å². The van der Waals surface area contributed by atoms with E-state index in [0.717, 1.165) is 5.56 Å². The largest absolute Gasteiger partial charge is 0.386 e. The lowest BCUT2D eigenvalue weighted by Gasteiger charge is -2.14. The highest BCUT2D eigenvalue weighted by molar-refractivity contribution is 7.90. The van der Waals surface area contributed by atoms with E-state index in [0.29, 0.717) is 41.0 Å². The molecule has 1 unspecified atom stereocenters. The van der Waals surface area contributed by atoms with Gasteiger partial charge in [0.1, 0.15) is 6.10 Å². The number of hydrogen-bond donors (Lipinski definition) is 3. The van der Waals surface area contributed by atoms with Crippen LogP contribution in [0.1, 0.15) is 24.2 Å². The van der Waals surface area contributed by atoms with E-state index >= 15 is 0 Å². The third-order valence-corrected chi connectivity index (χ3v) is 5.56. The Kier molecular flexibility index (Phi) is 8.29. The van der Waals surface area contributed by atoms with Gasteiger partial charge < -0.3 is 15.7 Å². The van der Waals surface area contributed by atoms with Gasteiger partial charge in [0.15, 0.2) is 15.8 Å². The van der Waals surface area contributed by atoms with E-state index in [1.165, 1.54) is 6.26 Å². The lowest BCUT2D eigenvalue weighted by Crippen LogP contribution is -2.38. The molecule has 0 fully saturated rings. The predicted octanol–water partition coefficient (Wildman–Crippen LogP) is 2.57. The number of halogens is 1. The number of rotatable bonds is 8. The van der Waals surface area contributed by atoms with Crippen LogP contribution >= 0.6 is 11.6 Å². The summed E-state index contributed by atoms with van der Waals surface area (Å²) in [6.45, 7) is 3.46. The van der Waals surface area contributed by atoms with E-state index in [9.17, 15) is 13.5 Å². The Morgan fingerprint density at radius 1 is 1.14 bits per heavy atom. The van der Waals surface area contributed by atoms with Crippen LogP contribution in [0.25, 0.3) is 0 Å². The van der Waals surface area contributed by atoms with Gasteiger partial charge in [0.25, 0.3) is 0 Å². The third-order valence-electron chi connectivity index (χ3n) is 4.09. The summed E-state index contributed by atoms with van der Waals surface area (Å²) < 4.78 is 23.0. The number of hydrogen-bond acceptors (Lipinski definition) is 4. The van der Waals surface area contributed by atoms with Crippen LogP contribution in [0.4, 0.5) is 0 Å². The van der Waals surface area contributed by atoms with Crippen molar-refractivity contribution < 1.29 is 13.5 Å². The highest BCUT2D eigenvalue weighted by Gasteiger charge is 2.11. The zero-order chi connectivity index (χ0) is 20.6. The maximum atomic E-state index is 11.5. The highest BCUT2D eigenvalue weighted by atomic mass is 35.5. The fourth-order valence-electron chi connectivity index (χ4n) is 2.59. The minimum absolute atomic E-state index is 0.183. The molecule has 0 aromatic heterocycles. The quantitative estimate of drug-likeness (QED) is 0.448. The molecule has 0 aliphatic rings. The van der Waals surface area contributed by atoms with Crippen molar-refractivity contribution in [3.63, 3.8) is 0 Å². The minimum Gasteiger partial charge on any atom is -0.386 e. The molecule has 6 nitrogen and oxygen atoms in total. The van der Waals surface area contributed by atoms with Gasteiger partial charge in [0, 0.05) is 29.9 Å². The summed E-state index contributed by atoms with van der Waals surface area (Å²) in [5.74, 6) is 0.598. The number of guanidine groups is 1. The van der Waals surface area contributed by atoms with Crippen LogP contribution in [0, 0.1) is 0 Å². The van der Waals surface area contributed by atoms with Crippen LogP contribution in [0.5, 0.6) is 0 Å². The molecule has 0 spiro atoms. The molecular formula is C20H26ClN3O3S. The zero-order valence-corrected chi connectivity index (χ0v) is 17.6. The first kappa shape index (κ1) is 22.2. The molecule has 0 heterocycles. The van der Waals surface area contributed by atoms with Crippen LogP contribution in [0.3, 0.4) is 0 Å². The van der Waals surface area contributed by atoms with Crippen molar-refractivity contribution in [3.05, 3.63) is 64.7 Å². The fraction of sp³-hybridized carbons (Fsp3) is 0.350. The first-order valence-electron chi connectivity index (χ1n) is 9.05. The number of aliphatic imine (C=N–C) groups is 1. The lowest BCUT2D eigenvalue weighted by molar-refractivity contribution is 0.187. The average Bonchev–Trinajstić information content (AvgIpc) is 2.66. The second-order valence-corrected chi connectivity index (χ2v) is 8.77. The number of benzene rings is 2. The molecular weight excluding hydrogens is 398 g/mol. The average molecular weight is 424 g/mol. The van der Waals surface area contributed by atoms with Gasteiger partial charge in [-0.3, -0.25) is 4.99 Å². The minimum atomic E-state index is -3.18.